The molecule has 3 rings (SSSR count). The largest absolute Gasteiger partial charge is 0.365 e. The normalized spacial score (nSPS) is 11.0. The summed E-state index contributed by atoms with van der Waals surface area (Å²) in [5.41, 5.74) is -0.435. The van der Waals surface area contributed by atoms with E-state index in [2.05, 4.69) is 15.3 Å². The zero-order valence-corrected chi connectivity index (χ0v) is 12.4. The number of nitrogens with two attached hydrogens (primary N) is 2. The molecule has 9 nitrogen and oxygen atoms in total. The van der Waals surface area contributed by atoms with Crippen LogP contribution in [0.4, 0.5) is 0 Å². The van der Waals surface area contributed by atoms with Crippen LogP contribution in [0, 0.1) is 4.77 Å². The maximum Gasteiger partial charge on any atom is 0.365 e. The van der Waals surface area contributed by atoms with Crippen LogP contribution in [0.15, 0.2) is 22.3 Å². The molecule has 0 fully saturated rings. The zero-order valence-electron chi connectivity index (χ0n) is 10.8. The van der Waals surface area contributed by atoms with Crippen LogP contribution in [0.1, 0.15) is 16.5 Å². The van der Waals surface area contributed by atoms with Gasteiger partial charge in [-0.1, -0.05) is 6.07 Å². The lowest BCUT2D eigenvalue weighted by molar-refractivity contribution is 0.608. The highest BCUT2D eigenvalue weighted by atomic mass is 32.1. The third kappa shape index (κ3) is 2.48. The Morgan fingerprint density at radius 1 is 1.33 bits per heavy atom. The lowest BCUT2D eigenvalue weighted by Crippen LogP contribution is -2.31. The van der Waals surface area contributed by atoms with Crippen molar-refractivity contribution in [2.75, 3.05) is 11.7 Å². The van der Waals surface area contributed by atoms with Crippen molar-refractivity contribution in [1.82, 2.24) is 29.3 Å². The van der Waals surface area contributed by atoms with Gasteiger partial charge in [0.05, 0.1) is 0 Å². The molecule has 0 saturated heterocycles. The van der Waals surface area contributed by atoms with E-state index in [1.54, 1.807) is 11.3 Å². The van der Waals surface area contributed by atoms with Crippen LogP contribution in [0.25, 0.3) is 0 Å². The Hall–Kier alpha value is -2.40. The summed E-state index contributed by atoms with van der Waals surface area (Å²) in [5, 5.41) is 12.7. The van der Waals surface area contributed by atoms with Crippen molar-refractivity contribution in [2.45, 2.75) is 13.0 Å². The molecule has 0 aliphatic carbocycles. The molecule has 0 saturated carbocycles. The summed E-state index contributed by atoms with van der Waals surface area (Å²) < 4.78 is 3.69. The minimum absolute atomic E-state index is 0.0874. The molecule has 3 aromatic rings. The molecular weight excluding hydrogens is 312 g/mol. The van der Waals surface area contributed by atoms with E-state index in [1.165, 1.54) is 9.36 Å². The third-order valence-corrected chi connectivity index (χ3v) is 4.09. The Kier molecular flexibility index (Phi) is 3.35. The first-order chi connectivity index (χ1) is 10.1. The molecule has 0 unspecified atom stereocenters. The van der Waals surface area contributed by atoms with Crippen LogP contribution < -0.4 is 17.4 Å². The van der Waals surface area contributed by atoms with Crippen LogP contribution in [0.2, 0.25) is 0 Å². The first-order valence-corrected chi connectivity index (χ1v) is 7.22. The number of aromatic amines is 1. The Balaban J connectivity index is 1.92. The lowest BCUT2D eigenvalue weighted by Gasteiger charge is -1.98. The van der Waals surface area contributed by atoms with Crippen molar-refractivity contribution in [3.8, 4) is 0 Å². The second kappa shape index (κ2) is 5.18. The van der Waals surface area contributed by atoms with Crippen LogP contribution in [0.3, 0.4) is 0 Å². The van der Waals surface area contributed by atoms with Gasteiger partial charge in [-0.15, -0.1) is 11.3 Å². The maximum atomic E-state index is 12.1. The molecule has 0 aliphatic rings. The minimum atomic E-state index is -0.435. The Labute approximate surface area is 127 Å². The second-order valence-electron chi connectivity index (χ2n) is 4.30. The van der Waals surface area contributed by atoms with Gasteiger partial charge in [0.1, 0.15) is 6.54 Å². The van der Waals surface area contributed by atoms with Crippen LogP contribution in [0.5, 0.6) is 0 Å². The number of thiophene rings is 1. The molecule has 0 aliphatic heterocycles. The molecule has 0 spiro atoms. The number of hydrogen-bond acceptors (Lipinski definition) is 7. The second-order valence-corrected chi connectivity index (χ2v) is 5.72. The van der Waals surface area contributed by atoms with Crippen molar-refractivity contribution < 1.29 is 0 Å². The number of aromatic nitrogens is 6. The van der Waals surface area contributed by atoms with Crippen molar-refractivity contribution in [3.63, 3.8) is 0 Å². The summed E-state index contributed by atoms with van der Waals surface area (Å²) >= 11 is 6.49. The number of H-pyrrole nitrogens is 1. The van der Waals surface area contributed by atoms with Crippen molar-refractivity contribution in [1.29, 1.82) is 0 Å². The van der Waals surface area contributed by atoms with E-state index in [-0.39, 0.29) is 11.3 Å². The molecule has 0 atom stereocenters. The fourth-order valence-electron chi connectivity index (χ4n) is 1.84. The van der Waals surface area contributed by atoms with Gasteiger partial charge in [0.25, 0.3) is 0 Å². The number of nitrogens with one attached hydrogen (secondary N) is 1. The average Bonchev–Trinajstić information content (AvgIpc) is 3.14. The monoisotopic (exact) mass is 324 g/mol. The summed E-state index contributed by atoms with van der Waals surface area (Å²) in [7, 11) is 0. The van der Waals surface area contributed by atoms with Crippen LogP contribution in [-0.2, 0) is 13.0 Å². The first kappa shape index (κ1) is 13.6. The summed E-state index contributed by atoms with van der Waals surface area (Å²) in [6, 6.07) is 3.89. The third-order valence-electron chi connectivity index (χ3n) is 2.92. The number of hydrogen-bond donors (Lipinski definition) is 3. The van der Waals surface area contributed by atoms with E-state index in [4.69, 9.17) is 23.9 Å². The molecule has 110 valence electrons. The highest BCUT2D eigenvalue weighted by Gasteiger charge is 2.14. The van der Waals surface area contributed by atoms with Gasteiger partial charge in [-0.25, -0.2) is 14.2 Å². The van der Waals surface area contributed by atoms with E-state index >= 15 is 0 Å². The summed E-state index contributed by atoms with van der Waals surface area (Å²) in [6.45, 7) is 0.0874. The highest BCUT2D eigenvalue weighted by Crippen LogP contribution is 2.12. The van der Waals surface area contributed by atoms with E-state index in [9.17, 15) is 4.79 Å². The molecule has 0 radical (unpaired) electrons. The number of nitrogens with zero attached hydrogens (tertiary/aromatic N) is 5. The molecular formula is C10H12N8OS2. The Morgan fingerprint density at radius 2 is 2.14 bits per heavy atom. The molecule has 3 aromatic heterocycles. The maximum absolute atomic E-state index is 12.1. The van der Waals surface area contributed by atoms with Gasteiger partial charge < -0.3 is 11.7 Å². The van der Waals surface area contributed by atoms with Gasteiger partial charge in [0, 0.05) is 11.3 Å². The fraction of sp³-hybridized carbons (Fsp3) is 0.200. The van der Waals surface area contributed by atoms with Crippen molar-refractivity contribution in [3.05, 3.63) is 49.3 Å². The molecule has 5 N–H and O–H groups in total. The highest BCUT2D eigenvalue weighted by molar-refractivity contribution is 7.71. The van der Waals surface area contributed by atoms with Gasteiger partial charge in [-0.2, -0.15) is 14.9 Å². The summed E-state index contributed by atoms with van der Waals surface area (Å²) in [5.74, 6) is 12.3. The smallest absolute Gasteiger partial charge is 0.335 e. The number of nitrogen functional groups attached to an aromatic ring is 2. The number of rotatable bonds is 4. The minimum Gasteiger partial charge on any atom is -0.335 e. The molecule has 0 amide bonds. The molecule has 21 heavy (non-hydrogen) atoms. The summed E-state index contributed by atoms with van der Waals surface area (Å²) in [6.07, 6.45) is 0.492. The van der Waals surface area contributed by atoms with Gasteiger partial charge in [-0.3, -0.25) is 5.10 Å². The van der Waals surface area contributed by atoms with E-state index in [0.717, 1.165) is 9.55 Å². The Morgan fingerprint density at radius 3 is 2.76 bits per heavy atom. The predicted octanol–water partition coefficient (Wildman–Crippen LogP) is -0.573. The van der Waals surface area contributed by atoms with Gasteiger partial charge in [0.2, 0.25) is 4.77 Å². The topological polar surface area (TPSA) is 125 Å². The molecule has 0 aromatic carbocycles. The van der Waals surface area contributed by atoms with Crippen molar-refractivity contribution >= 4 is 23.6 Å². The lowest BCUT2D eigenvalue weighted by atomic mass is 10.3. The van der Waals surface area contributed by atoms with Gasteiger partial charge >= 0.3 is 5.69 Å². The fourth-order valence-corrected chi connectivity index (χ4v) is 2.69. The van der Waals surface area contributed by atoms with Gasteiger partial charge in [0.15, 0.2) is 11.6 Å². The standard InChI is InChI=1S/C10H12N8OS2/c11-17-8(13-14-9(17)20)5-16-10(19)18(12)7(15-16)4-6-2-1-3-21-6/h1-3H,4-5,11-12H2,(H,14,20). The van der Waals surface area contributed by atoms with E-state index in [0.29, 0.717) is 18.1 Å². The molecule has 3 heterocycles. The molecule has 11 heteroatoms. The zero-order chi connectivity index (χ0) is 15.0. The van der Waals surface area contributed by atoms with Crippen molar-refractivity contribution in [2.24, 2.45) is 0 Å². The van der Waals surface area contributed by atoms with Crippen LogP contribution in [-0.4, -0.2) is 29.3 Å². The van der Waals surface area contributed by atoms with Crippen LogP contribution >= 0.6 is 23.6 Å². The first-order valence-electron chi connectivity index (χ1n) is 5.94. The van der Waals surface area contributed by atoms with Gasteiger partial charge in [-0.05, 0) is 23.7 Å². The quantitative estimate of drug-likeness (QED) is 0.436. The van der Waals surface area contributed by atoms with E-state index in [1.807, 2.05) is 17.5 Å². The average molecular weight is 324 g/mol. The SMILES string of the molecule is Nn1c(Cn2nc(Cc3cccs3)n(N)c2=O)n[nH]c1=S. The van der Waals surface area contributed by atoms with E-state index < -0.39 is 5.69 Å². The predicted molar refractivity (Wildman–Crippen MR) is 80.4 cm³/mol. The summed E-state index contributed by atoms with van der Waals surface area (Å²) in [4.78, 5) is 13.1. The Bertz CT molecular complexity index is 868. The molecule has 0 bridgehead atoms.